The smallest absolute Gasteiger partial charge is 0.339 e. The summed E-state index contributed by atoms with van der Waals surface area (Å²) in [4.78, 5) is 31.5. The molecule has 1 aromatic heterocycles. The number of carbonyl (C=O) groups excluding carboxylic acids is 2. The molecule has 3 aromatic rings. The minimum atomic E-state index is -0.517. The van der Waals surface area contributed by atoms with Crippen LogP contribution in [0.4, 0.5) is 5.69 Å². The van der Waals surface area contributed by atoms with Crippen molar-refractivity contribution in [2.24, 2.45) is 5.92 Å². The van der Waals surface area contributed by atoms with Gasteiger partial charge in [-0.2, -0.15) is 4.98 Å². The number of aromatic nitrogens is 2. The van der Waals surface area contributed by atoms with E-state index in [1.807, 2.05) is 12.1 Å². The standard InChI is InChI=1S/C24H24Cl2N4O4/c1-2-33-24(32)19-13-18(7-8-20(19)26)27-23(31)16-9-11-30(12-10-16)14-21-28-22(29-34-21)15-3-5-17(25)6-4-15/h3-8,13,16H,2,9-12,14H2,1H3,(H,27,31). The summed E-state index contributed by atoms with van der Waals surface area (Å²) in [6, 6.07) is 12.0. The van der Waals surface area contributed by atoms with Crippen molar-refractivity contribution in [1.82, 2.24) is 15.0 Å². The lowest BCUT2D eigenvalue weighted by atomic mass is 9.95. The molecule has 0 radical (unpaired) electrons. The van der Waals surface area contributed by atoms with Crippen molar-refractivity contribution >= 4 is 40.8 Å². The van der Waals surface area contributed by atoms with Gasteiger partial charge in [0.25, 0.3) is 0 Å². The minimum absolute atomic E-state index is 0.0837. The summed E-state index contributed by atoms with van der Waals surface area (Å²) < 4.78 is 10.4. The number of carbonyl (C=O) groups is 2. The van der Waals surface area contributed by atoms with Gasteiger partial charge in [0.1, 0.15) is 0 Å². The lowest BCUT2D eigenvalue weighted by Gasteiger charge is -2.30. The van der Waals surface area contributed by atoms with Crippen molar-refractivity contribution in [2.45, 2.75) is 26.3 Å². The van der Waals surface area contributed by atoms with E-state index in [4.69, 9.17) is 32.5 Å². The predicted octanol–water partition coefficient (Wildman–Crippen LogP) is 5.07. The average molecular weight is 503 g/mol. The molecular formula is C24H24Cl2N4O4. The van der Waals surface area contributed by atoms with Gasteiger partial charge in [0, 0.05) is 22.2 Å². The summed E-state index contributed by atoms with van der Waals surface area (Å²) in [5.41, 5.74) is 1.58. The summed E-state index contributed by atoms with van der Waals surface area (Å²) in [6.45, 7) is 3.95. The van der Waals surface area contributed by atoms with Crippen LogP contribution >= 0.6 is 23.2 Å². The van der Waals surface area contributed by atoms with Crippen LogP contribution in [0.5, 0.6) is 0 Å². The zero-order valence-electron chi connectivity index (χ0n) is 18.6. The molecule has 1 fully saturated rings. The number of rotatable bonds is 7. The van der Waals surface area contributed by atoms with E-state index in [0.29, 0.717) is 41.8 Å². The zero-order valence-corrected chi connectivity index (χ0v) is 20.1. The Morgan fingerprint density at radius 1 is 1.15 bits per heavy atom. The molecule has 0 spiro atoms. The first-order valence-corrected chi connectivity index (χ1v) is 11.8. The summed E-state index contributed by atoms with van der Waals surface area (Å²) in [5, 5.41) is 7.87. The van der Waals surface area contributed by atoms with E-state index in [0.717, 1.165) is 18.7 Å². The summed E-state index contributed by atoms with van der Waals surface area (Å²) in [5.74, 6) is 0.314. The number of hydrogen-bond acceptors (Lipinski definition) is 7. The van der Waals surface area contributed by atoms with E-state index in [2.05, 4.69) is 20.4 Å². The van der Waals surface area contributed by atoms with Crippen LogP contribution in [-0.4, -0.2) is 46.6 Å². The van der Waals surface area contributed by atoms with Gasteiger partial charge < -0.3 is 14.6 Å². The summed E-state index contributed by atoms with van der Waals surface area (Å²) >= 11 is 12.0. The van der Waals surface area contributed by atoms with Crippen LogP contribution in [-0.2, 0) is 16.1 Å². The van der Waals surface area contributed by atoms with E-state index in [-0.39, 0.29) is 29.0 Å². The van der Waals surface area contributed by atoms with Gasteiger partial charge in [0.2, 0.25) is 17.6 Å². The number of nitrogens with zero attached hydrogens (tertiary/aromatic N) is 3. The number of nitrogens with one attached hydrogen (secondary N) is 1. The average Bonchev–Trinajstić information content (AvgIpc) is 3.29. The summed E-state index contributed by atoms with van der Waals surface area (Å²) in [6.07, 6.45) is 1.39. The molecule has 0 aliphatic carbocycles. The normalized spacial score (nSPS) is 14.7. The second-order valence-corrected chi connectivity index (χ2v) is 8.82. The minimum Gasteiger partial charge on any atom is -0.462 e. The maximum absolute atomic E-state index is 12.8. The summed E-state index contributed by atoms with van der Waals surface area (Å²) in [7, 11) is 0. The van der Waals surface area contributed by atoms with Crippen LogP contribution in [0.25, 0.3) is 11.4 Å². The number of piperidine rings is 1. The lowest BCUT2D eigenvalue weighted by molar-refractivity contribution is -0.121. The molecule has 1 aliphatic heterocycles. The Hall–Kier alpha value is -2.94. The van der Waals surface area contributed by atoms with Gasteiger partial charge in [0.05, 0.1) is 23.7 Å². The Morgan fingerprint density at radius 3 is 2.59 bits per heavy atom. The second-order valence-electron chi connectivity index (χ2n) is 7.97. The number of likely N-dealkylation sites (tertiary alicyclic amines) is 1. The van der Waals surface area contributed by atoms with Crippen LogP contribution in [0, 0.1) is 5.92 Å². The van der Waals surface area contributed by atoms with E-state index in [9.17, 15) is 9.59 Å². The van der Waals surface area contributed by atoms with Crippen molar-refractivity contribution in [3.63, 3.8) is 0 Å². The van der Waals surface area contributed by atoms with Crippen LogP contribution in [0.15, 0.2) is 47.0 Å². The van der Waals surface area contributed by atoms with Crippen LogP contribution in [0.3, 0.4) is 0 Å². The van der Waals surface area contributed by atoms with E-state index >= 15 is 0 Å². The molecule has 0 unspecified atom stereocenters. The number of benzene rings is 2. The maximum atomic E-state index is 12.8. The van der Waals surface area contributed by atoms with Gasteiger partial charge >= 0.3 is 5.97 Å². The fraction of sp³-hybridized carbons (Fsp3) is 0.333. The molecule has 1 N–H and O–H groups in total. The van der Waals surface area contributed by atoms with Gasteiger partial charge in [-0.3, -0.25) is 9.69 Å². The monoisotopic (exact) mass is 502 g/mol. The second kappa shape index (κ2) is 11.0. The van der Waals surface area contributed by atoms with Crippen LogP contribution in [0.1, 0.15) is 36.0 Å². The quantitative estimate of drug-likeness (QED) is 0.450. The van der Waals surface area contributed by atoms with Crippen molar-refractivity contribution in [2.75, 3.05) is 25.0 Å². The van der Waals surface area contributed by atoms with Gasteiger partial charge in [0.15, 0.2) is 0 Å². The first-order chi connectivity index (χ1) is 16.4. The Morgan fingerprint density at radius 2 is 1.88 bits per heavy atom. The molecule has 1 amide bonds. The first kappa shape index (κ1) is 24.2. The van der Waals surface area contributed by atoms with Crippen molar-refractivity contribution < 1.29 is 18.8 Å². The third-order valence-electron chi connectivity index (χ3n) is 5.62. The molecule has 178 valence electrons. The first-order valence-electron chi connectivity index (χ1n) is 11.0. The third kappa shape index (κ3) is 5.94. The van der Waals surface area contributed by atoms with Crippen molar-refractivity contribution in [3.05, 3.63) is 64.0 Å². The molecule has 1 saturated heterocycles. The SMILES string of the molecule is CCOC(=O)c1cc(NC(=O)C2CCN(Cc3nc(-c4ccc(Cl)cc4)no3)CC2)ccc1Cl. The molecular weight excluding hydrogens is 479 g/mol. The Bertz CT molecular complexity index is 1160. The molecule has 2 aromatic carbocycles. The largest absolute Gasteiger partial charge is 0.462 e. The van der Waals surface area contributed by atoms with Crippen LogP contribution < -0.4 is 5.32 Å². The number of amides is 1. The highest BCUT2D eigenvalue weighted by atomic mass is 35.5. The number of halogens is 2. The highest BCUT2D eigenvalue weighted by molar-refractivity contribution is 6.33. The Labute approximate surface area is 207 Å². The number of esters is 1. The fourth-order valence-electron chi connectivity index (χ4n) is 3.79. The number of anilines is 1. The number of hydrogen-bond donors (Lipinski definition) is 1. The van der Waals surface area contributed by atoms with Crippen LogP contribution in [0.2, 0.25) is 10.0 Å². The third-order valence-corrected chi connectivity index (χ3v) is 6.20. The molecule has 8 nitrogen and oxygen atoms in total. The molecule has 0 bridgehead atoms. The molecule has 2 heterocycles. The van der Waals surface area contributed by atoms with E-state index in [1.54, 1.807) is 37.3 Å². The van der Waals surface area contributed by atoms with Gasteiger partial charge in [-0.25, -0.2) is 4.79 Å². The van der Waals surface area contributed by atoms with Gasteiger partial charge in [-0.05, 0) is 75.3 Å². The lowest BCUT2D eigenvalue weighted by Crippen LogP contribution is -2.37. The highest BCUT2D eigenvalue weighted by Gasteiger charge is 2.26. The van der Waals surface area contributed by atoms with Crippen molar-refractivity contribution in [3.8, 4) is 11.4 Å². The van der Waals surface area contributed by atoms with E-state index < -0.39 is 5.97 Å². The Balaban J connectivity index is 1.29. The van der Waals surface area contributed by atoms with Gasteiger partial charge in [-0.15, -0.1) is 0 Å². The molecule has 34 heavy (non-hydrogen) atoms. The molecule has 0 saturated carbocycles. The predicted molar refractivity (Wildman–Crippen MR) is 129 cm³/mol. The van der Waals surface area contributed by atoms with Crippen molar-refractivity contribution in [1.29, 1.82) is 0 Å². The van der Waals surface area contributed by atoms with E-state index in [1.165, 1.54) is 0 Å². The highest BCUT2D eigenvalue weighted by Crippen LogP contribution is 2.25. The maximum Gasteiger partial charge on any atom is 0.339 e. The molecule has 1 aliphatic rings. The number of ether oxygens (including phenoxy) is 1. The van der Waals surface area contributed by atoms with Gasteiger partial charge in [-0.1, -0.05) is 28.4 Å². The molecule has 4 rings (SSSR count). The Kier molecular flexibility index (Phi) is 7.82. The molecule has 0 atom stereocenters. The fourth-order valence-corrected chi connectivity index (χ4v) is 4.11. The topological polar surface area (TPSA) is 97.6 Å². The zero-order chi connectivity index (χ0) is 24.1. The molecule has 10 heteroatoms.